The van der Waals surface area contributed by atoms with Crippen LogP contribution >= 0.6 is 0 Å². The minimum absolute atomic E-state index is 0.195. The Morgan fingerprint density at radius 3 is 2.54 bits per heavy atom. The van der Waals surface area contributed by atoms with Crippen LogP contribution in [0, 0.1) is 5.92 Å². The first-order valence-electron chi connectivity index (χ1n) is 3.96. The molecule has 0 spiro atoms. The number of nitrogens with two attached hydrogens (primary N) is 2. The zero-order valence-electron chi connectivity index (χ0n) is 7.58. The molecule has 0 aliphatic carbocycles. The van der Waals surface area contributed by atoms with E-state index in [1.807, 2.05) is 0 Å². The fraction of sp³-hybridized carbons (Fsp3) is 0.714. The number of amides is 2. The second-order valence-electron chi connectivity index (χ2n) is 2.68. The summed E-state index contributed by atoms with van der Waals surface area (Å²) in [6.07, 6.45) is -0.801. The lowest BCUT2D eigenvalue weighted by atomic mass is 10.2. The van der Waals surface area contributed by atoms with Crippen molar-refractivity contribution in [2.45, 2.75) is 6.92 Å². The Balaban J connectivity index is 3.26. The van der Waals surface area contributed by atoms with Crippen LogP contribution in [0.5, 0.6) is 0 Å². The number of nitrogens with one attached hydrogen (secondary N) is 1. The molecule has 0 saturated carbocycles. The summed E-state index contributed by atoms with van der Waals surface area (Å²) in [6.45, 7) is 2.84. The molecule has 2 amide bonds. The van der Waals surface area contributed by atoms with E-state index in [-0.39, 0.29) is 18.4 Å². The highest BCUT2D eigenvalue weighted by atomic mass is 16.5. The van der Waals surface area contributed by atoms with Crippen LogP contribution in [0.4, 0.5) is 4.79 Å². The molecule has 0 aliphatic heterocycles. The van der Waals surface area contributed by atoms with E-state index in [4.69, 9.17) is 11.5 Å². The molecule has 0 bridgehead atoms. The number of carbonyl (C=O) groups excluding carboxylic acids is 2. The van der Waals surface area contributed by atoms with Gasteiger partial charge < -0.3 is 21.5 Å². The molecule has 0 heterocycles. The number of rotatable bonds is 6. The molecule has 6 nitrogen and oxygen atoms in total. The van der Waals surface area contributed by atoms with Gasteiger partial charge in [0.2, 0.25) is 5.91 Å². The van der Waals surface area contributed by atoms with Gasteiger partial charge in [-0.05, 0) is 0 Å². The highest BCUT2D eigenvalue weighted by molar-refractivity contribution is 5.76. The lowest BCUT2D eigenvalue weighted by Crippen LogP contribution is -2.33. The Labute approximate surface area is 76.6 Å². The van der Waals surface area contributed by atoms with Crippen LogP contribution in [0.15, 0.2) is 0 Å². The van der Waals surface area contributed by atoms with Gasteiger partial charge in [0.05, 0.1) is 0 Å². The maximum absolute atomic E-state index is 10.5. The molecule has 0 aromatic heterocycles. The molecule has 0 fully saturated rings. The summed E-state index contributed by atoms with van der Waals surface area (Å²) in [7, 11) is 0. The lowest BCUT2D eigenvalue weighted by molar-refractivity contribution is -0.121. The SMILES string of the molecule is CC(CNCCOC(N)=O)C(N)=O. The minimum Gasteiger partial charge on any atom is -0.448 e. The molecule has 0 rings (SSSR count). The summed E-state index contributed by atoms with van der Waals surface area (Å²) in [4.78, 5) is 20.7. The molecular formula is C7H15N3O3. The summed E-state index contributed by atoms with van der Waals surface area (Å²) in [6, 6.07) is 0. The summed E-state index contributed by atoms with van der Waals surface area (Å²) < 4.78 is 4.44. The largest absolute Gasteiger partial charge is 0.448 e. The predicted octanol–water partition coefficient (Wildman–Crippen LogP) is -1.21. The minimum atomic E-state index is -0.801. The zero-order valence-corrected chi connectivity index (χ0v) is 7.58. The molecule has 0 aromatic carbocycles. The van der Waals surface area contributed by atoms with Crippen molar-refractivity contribution in [1.29, 1.82) is 0 Å². The smallest absolute Gasteiger partial charge is 0.404 e. The maximum atomic E-state index is 10.5. The Hall–Kier alpha value is -1.30. The number of primary amides is 2. The van der Waals surface area contributed by atoms with Gasteiger partial charge in [-0.1, -0.05) is 6.92 Å². The van der Waals surface area contributed by atoms with E-state index in [9.17, 15) is 9.59 Å². The predicted molar refractivity (Wildman–Crippen MR) is 46.8 cm³/mol. The van der Waals surface area contributed by atoms with Crippen LogP contribution in [-0.2, 0) is 9.53 Å². The lowest BCUT2D eigenvalue weighted by Gasteiger charge is -2.08. The average Bonchev–Trinajstić information content (AvgIpc) is 2.02. The molecule has 0 aliphatic rings. The van der Waals surface area contributed by atoms with Crippen LogP contribution in [0.2, 0.25) is 0 Å². The van der Waals surface area contributed by atoms with Gasteiger partial charge in [0, 0.05) is 19.0 Å². The van der Waals surface area contributed by atoms with Gasteiger partial charge in [0.15, 0.2) is 0 Å². The molecule has 76 valence electrons. The summed E-state index contributed by atoms with van der Waals surface area (Å²) in [5.41, 5.74) is 9.73. The van der Waals surface area contributed by atoms with Gasteiger partial charge in [0.25, 0.3) is 0 Å². The van der Waals surface area contributed by atoms with E-state index in [2.05, 4.69) is 10.1 Å². The number of hydrogen-bond acceptors (Lipinski definition) is 4. The van der Waals surface area contributed by atoms with Crippen molar-refractivity contribution in [2.75, 3.05) is 19.7 Å². The van der Waals surface area contributed by atoms with Crippen LogP contribution < -0.4 is 16.8 Å². The third kappa shape index (κ3) is 7.07. The van der Waals surface area contributed by atoms with Gasteiger partial charge in [-0.15, -0.1) is 0 Å². The Kier molecular flexibility index (Phi) is 5.62. The van der Waals surface area contributed by atoms with Crippen molar-refractivity contribution in [3.8, 4) is 0 Å². The van der Waals surface area contributed by atoms with Crippen molar-refractivity contribution in [3.63, 3.8) is 0 Å². The van der Waals surface area contributed by atoms with Gasteiger partial charge in [0.1, 0.15) is 6.61 Å². The summed E-state index contributed by atoms with van der Waals surface area (Å²) in [5.74, 6) is -0.586. The second kappa shape index (κ2) is 6.24. The van der Waals surface area contributed by atoms with E-state index in [0.717, 1.165) is 0 Å². The molecule has 0 radical (unpaired) electrons. The second-order valence-corrected chi connectivity index (χ2v) is 2.68. The van der Waals surface area contributed by atoms with Crippen molar-refractivity contribution < 1.29 is 14.3 Å². The Bertz CT molecular complexity index is 184. The van der Waals surface area contributed by atoms with Gasteiger partial charge >= 0.3 is 6.09 Å². The number of carbonyl (C=O) groups is 2. The maximum Gasteiger partial charge on any atom is 0.404 e. The van der Waals surface area contributed by atoms with Crippen LogP contribution in [-0.4, -0.2) is 31.7 Å². The first-order chi connectivity index (χ1) is 6.04. The molecular weight excluding hydrogens is 174 g/mol. The first-order valence-corrected chi connectivity index (χ1v) is 3.96. The van der Waals surface area contributed by atoms with Crippen molar-refractivity contribution >= 4 is 12.0 Å². The van der Waals surface area contributed by atoms with Gasteiger partial charge in [-0.25, -0.2) is 4.79 Å². The van der Waals surface area contributed by atoms with E-state index >= 15 is 0 Å². The van der Waals surface area contributed by atoms with Gasteiger partial charge in [-0.3, -0.25) is 4.79 Å². The fourth-order valence-electron chi connectivity index (χ4n) is 0.643. The monoisotopic (exact) mass is 189 g/mol. The molecule has 1 unspecified atom stereocenters. The molecule has 13 heavy (non-hydrogen) atoms. The fourth-order valence-corrected chi connectivity index (χ4v) is 0.643. The highest BCUT2D eigenvalue weighted by Crippen LogP contribution is 1.88. The zero-order chi connectivity index (χ0) is 10.3. The van der Waals surface area contributed by atoms with Gasteiger partial charge in [-0.2, -0.15) is 0 Å². The van der Waals surface area contributed by atoms with Crippen LogP contribution in [0.3, 0.4) is 0 Å². The van der Waals surface area contributed by atoms with E-state index in [0.29, 0.717) is 13.1 Å². The van der Waals surface area contributed by atoms with E-state index < -0.39 is 6.09 Å². The summed E-state index contributed by atoms with van der Waals surface area (Å²) in [5, 5.41) is 2.89. The van der Waals surface area contributed by atoms with Crippen molar-refractivity contribution in [1.82, 2.24) is 5.32 Å². The highest BCUT2D eigenvalue weighted by Gasteiger charge is 2.06. The normalized spacial score (nSPS) is 12.1. The molecule has 6 heteroatoms. The van der Waals surface area contributed by atoms with Crippen LogP contribution in [0.25, 0.3) is 0 Å². The Morgan fingerprint density at radius 1 is 1.46 bits per heavy atom. The topological polar surface area (TPSA) is 107 Å². The number of hydrogen-bond donors (Lipinski definition) is 3. The van der Waals surface area contributed by atoms with E-state index in [1.54, 1.807) is 6.92 Å². The molecule has 5 N–H and O–H groups in total. The van der Waals surface area contributed by atoms with Crippen LogP contribution in [0.1, 0.15) is 6.92 Å². The third-order valence-electron chi connectivity index (χ3n) is 1.46. The standard InChI is InChI=1S/C7H15N3O3/c1-5(6(8)11)4-10-2-3-13-7(9)12/h5,10H,2-4H2,1H3,(H2,8,11)(H2,9,12). The number of ether oxygens (including phenoxy) is 1. The average molecular weight is 189 g/mol. The first kappa shape index (κ1) is 11.7. The molecule has 1 atom stereocenters. The van der Waals surface area contributed by atoms with Crippen molar-refractivity contribution in [2.24, 2.45) is 17.4 Å². The van der Waals surface area contributed by atoms with E-state index in [1.165, 1.54) is 0 Å². The summed E-state index contributed by atoms with van der Waals surface area (Å²) >= 11 is 0. The Morgan fingerprint density at radius 2 is 2.08 bits per heavy atom. The quantitative estimate of drug-likeness (QED) is 0.456. The van der Waals surface area contributed by atoms with Crippen molar-refractivity contribution in [3.05, 3.63) is 0 Å². The molecule has 0 saturated heterocycles. The molecule has 0 aromatic rings. The third-order valence-corrected chi connectivity index (χ3v) is 1.46.